The number of benzene rings is 2. The van der Waals surface area contributed by atoms with Crippen molar-refractivity contribution < 1.29 is 9.53 Å². The van der Waals surface area contributed by atoms with Crippen LogP contribution in [0.1, 0.15) is 31.2 Å². The van der Waals surface area contributed by atoms with E-state index in [1.54, 1.807) is 7.11 Å². The summed E-state index contributed by atoms with van der Waals surface area (Å²) >= 11 is 0. The van der Waals surface area contributed by atoms with Crippen LogP contribution in [0.5, 0.6) is 5.75 Å². The first-order valence-electron chi connectivity index (χ1n) is 8.20. The topological polar surface area (TPSA) is 64.3 Å². The first-order chi connectivity index (χ1) is 11.1. The van der Waals surface area contributed by atoms with E-state index in [-0.39, 0.29) is 17.9 Å². The number of rotatable bonds is 6. The van der Waals surface area contributed by atoms with E-state index in [0.29, 0.717) is 12.5 Å². The van der Waals surface area contributed by atoms with Crippen molar-refractivity contribution in [3.05, 3.63) is 42.0 Å². The van der Waals surface area contributed by atoms with Crippen molar-refractivity contribution >= 4 is 16.7 Å². The van der Waals surface area contributed by atoms with Crippen molar-refractivity contribution in [2.24, 2.45) is 11.7 Å². The molecule has 122 valence electrons. The van der Waals surface area contributed by atoms with Crippen LogP contribution in [0.15, 0.2) is 36.4 Å². The molecule has 4 nitrogen and oxygen atoms in total. The Bertz CT molecular complexity index is 710. The lowest BCUT2D eigenvalue weighted by atomic mass is 9.96. The SMILES string of the molecule is COc1ccc2cc(C(C)C(=O)NC(CN)C3CC3)ccc2c1. The van der Waals surface area contributed by atoms with Crippen LogP contribution in [0.4, 0.5) is 0 Å². The zero-order valence-electron chi connectivity index (χ0n) is 13.7. The van der Waals surface area contributed by atoms with Gasteiger partial charge < -0.3 is 15.8 Å². The van der Waals surface area contributed by atoms with Gasteiger partial charge in [0.25, 0.3) is 0 Å². The van der Waals surface area contributed by atoms with E-state index in [1.807, 2.05) is 37.3 Å². The fourth-order valence-electron chi connectivity index (χ4n) is 2.97. The van der Waals surface area contributed by atoms with Crippen molar-refractivity contribution in [1.29, 1.82) is 0 Å². The molecule has 3 N–H and O–H groups in total. The van der Waals surface area contributed by atoms with Gasteiger partial charge in [-0.25, -0.2) is 0 Å². The third-order valence-electron chi connectivity index (χ3n) is 4.74. The Kier molecular flexibility index (Phi) is 4.53. The van der Waals surface area contributed by atoms with Crippen LogP contribution in [-0.4, -0.2) is 25.6 Å². The van der Waals surface area contributed by atoms with Gasteiger partial charge in [0.05, 0.1) is 13.0 Å². The highest BCUT2D eigenvalue weighted by atomic mass is 16.5. The average molecular weight is 312 g/mol. The number of hydrogen-bond donors (Lipinski definition) is 2. The third kappa shape index (κ3) is 3.48. The van der Waals surface area contributed by atoms with Crippen LogP contribution in [-0.2, 0) is 4.79 Å². The molecule has 3 rings (SSSR count). The summed E-state index contributed by atoms with van der Waals surface area (Å²) < 4.78 is 5.25. The summed E-state index contributed by atoms with van der Waals surface area (Å²) in [6.07, 6.45) is 2.35. The van der Waals surface area contributed by atoms with Crippen LogP contribution in [0, 0.1) is 5.92 Å². The highest BCUT2D eigenvalue weighted by Gasteiger charge is 2.32. The molecule has 0 saturated heterocycles. The Hall–Kier alpha value is -2.07. The van der Waals surface area contributed by atoms with Crippen LogP contribution >= 0.6 is 0 Å². The molecule has 0 heterocycles. The van der Waals surface area contributed by atoms with Gasteiger partial charge in [0.1, 0.15) is 5.75 Å². The van der Waals surface area contributed by atoms with E-state index in [2.05, 4.69) is 11.4 Å². The number of ether oxygens (including phenoxy) is 1. The highest BCUT2D eigenvalue weighted by molar-refractivity contribution is 5.88. The lowest BCUT2D eigenvalue weighted by Crippen LogP contribution is -2.43. The zero-order valence-corrected chi connectivity index (χ0v) is 13.7. The van der Waals surface area contributed by atoms with E-state index >= 15 is 0 Å². The molecule has 0 spiro atoms. The van der Waals surface area contributed by atoms with Crippen LogP contribution in [0.2, 0.25) is 0 Å². The molecule has 2 aromatic carbocycles. The van der Waals surface area contributed by atoms with Gasteiger partial charge in [-0.2, -0.15) is 0 Å². The number of hydrogen-bond acceptors (Lipinski definition) is 3. The summed E-state index contributed by atoms with van der Waals surface area (Å²) in [6.45, 7) is 2.46. The quantitative estimate of drug-likeness (QED) is 0.862. The maximum Gasteiger partial charge on any atom is 0.227 e. The van der Waals surface area contributed by atoms with Crippen molar-refractivity contribution in [3.63, 3.8) is 0 Å². The molecule has 0 bridgehead atoms. The first-order valence-corrected chi connectivity index (χ1v) is 8.20. The molecule has 2 unspecified atom stereocenters. The fraction of sp³-hybridized carbons (Fsp3) is 0.421. The monoisotopic (exact) mass is 312 g/mol. The molecule has 0 aliphatic heterocycles. The number of fused-ring (bicyclic) bond motifs is 1. The summed E-state index contributed by atoms with van der Waals surface area (Å²) in [5.41, 5.74) is 6.80. The number of methoxy groups -OCH3 is 1. The third-order valence-corrected chi connectivity index (χ3v) is 4.74. The van der Waals surface area contributed by atoms with Gasteiger partial charge in [-0.15, -0.1) is 0 Å². The minimum Gasteiger partial charge on any atom is -0.497 e. The van der Waals surface area contributed by atoms with Crippen molar-refractivity contribution in [2.75, 3.05) is 13.7 Å². The Morgan fingerprint density at radius 1 is 1.26 bits per heavy atom. The maximum absolute atomic E-state index is 12.5. The predicted octanol–water partition coefficient (Wildman–Crippen LogP) is 2.81. The highest BCUT2D eigenvalue weighted by Crippen LogP contribution is 2.32. The summed E-state index contributed by atoms with van der Waals surface area (Å²) in [4.78, 5) is 12.5. The molecule has 4 heteroatoms. The lowest BCUT2D eigenvalue weighted by molar-refractivity contribution is -0.123. The van der Waals surface area contributed by atoms with E-state index < -0.39 is 0 Å². The van der Waals surface area contributed by atoms with E-state index in [9.17, 15) is 4.79 Å². The molecule has 2 aromatic rings. The number of carbonyl (C=O) groups is 1. The van der Waals surface area contributed by atoms with Crippen LogP contribution < -0.4 is 15.8 Å². The zero-order chi connectivity index (χ0) is 16.4. The minimum atomic E-state index is -0.186. The molecule has 1 amide bonds. The summed E-state index contributed by atoms with van der Waals surface area (Å²) in [5.74, 6) is 1.28. The molecule has 1 saturated carbocycles. The second-order valence-electron chi connectivity index (χ2n) is 6.38. The van der Waals surface area contributed by atoms with E-state index in [0.717, 1.165) is 22.1 Å². The minimum absolute atomic E-state index is 0.0558. The molecule has 0 radical (unpaired) electrons. The molecule has 23 heavy (non-hydrogen) atoms. The van der Waals surface area contributed by atoms with Gasteiger partial charge in [-0.05, 0) is 54.2 Å². The number of nitrogens with one attached hydrogen (secondary N) is 1. The maximum atomic E-state index is 12.5. The smallest absolute Gasteiger partial charge is 0.227 e. The molecular formula is C19H24N2O2. The lowest BCUT2D eigenvalue weighted by Gasteiger charge is -2.20. The Balaban J connectivity index is 1.76. The molecule has 2 atom stereocenters. The average Bonchev–Trinajstić information content (AvgIpc) is 3.42. The van der Waals surface area contributed by atoms with Gasteiger partial charge in [0.15, 0.2) is 0 Å². The summed E-state index contributed by atoms with van der Waals surface area (Å²) in [6, 6.07) is 12.2. The Morgan fingerprint density at radius 2 is 1.96 bits per heavy atom. The van der Waals surface area contributed by atoms with Gasteiger partial charge in [-0.1, -0.05) is 24.3 Å². The predicted molar refractivity (Wildman–Crippen MR) is 92.6 cm³/mol. The van der Waals surface area contributed by atoms with Gasteiger partial charge >= 0.3 is 0 Å². The van der Waals surface area contributed by atoms with Crippen molar-refractivity contribution in [2.45, 2.75) is 31.7 Å². The second kappa shape index (κ2) is 6.59. The van der Waals surface area contributed by atoms with E-state index in [1.165, 1.54) is 12.8 Å². The molecule has 1 aliphatic rings. The Labute approximate surface area is 137 Å². The van der Waals surface area contributed by atoms with Gasteiger partial charge in [-0.3, -0.25) is 4.79 Å². The molecular weight excluding hydrogens is 288 g/mol. The van der Waals surface area contributed by atoms with Gasteiger partial charge in [0.2, 0.25) is 5.91 Å². The normalized spacial score (nSPS) is 16.8. The molecule has 0 aromatic heterocycles. The Morgan fingerprint density at radius 3 is 2.61 bits per heavy atom. The molecule has 1 fully saturated rings. The van der Waals surface area contributed by atoms with E-state index in [4.69, 9.17) is 10.5 Å². The number of amides is 1. The van der Waals surface area contributed by atoms with Crippen LogP contribution in [0.3, 0.4) is 0 Å². The number of nitrogens with two attached hydrogens (primary N) is 1. The van der Waals surface area contributed by atoms with Crippen molar-refractivity contribution in [3.8, 4) is 5.75 Å². The fourth-order valence-corrected chi connectivity index (χ4v) is 2.97. The standard InChI is InChI=1S/C19H24N2O2/c1-12(19(22)21-18(11-20)13-3-4-13)14-5-6-16-10-17(23-2)8-7-15(16)9-14/h5-10,12-13,18H,3-4,11,20H2,1-2H3,(H,21,22). The van der Waals surface area contributed by atoms with Crippen molar-refractivity contribution in [1.82, 2.24) is 5.32 Å². The first kappa shape index (κ1) is 15.8. The molecule has 1 aliphatic carbocycles. The summed E-state index contributed by atoms with van der Waals surface area (Å²) in [5, 5.41) is 5.33. The number of carbonyl (C=O) groups excluding carboxylic acids is 1. The van der Waals surface area contributed by atoms with Crippen LogP contribution in [0.25, 0.3) is 10.8 Å². The largest absolute Gasteiger partial charge is 0.497 e. The summed E-state index contributed by atoms with van der Waals surface area (Å²) in [7, 11) is 1.66. The second-order valence-corrected chi connectivity index (χ2v) is 6.38. The van der Waals surface area contributed by atoms with Gasteiger partial charge in [0, 0.05) is 12.6 Å².